The van der Waals surface area contributed by atoms with Crippen molar-refractivity contribution in [3.63, 3.8) is 0 Å². The molecule has 3 amide bonds. The molecular weight excluding hydrogens is 526 g/mol. The maximum atomic E-state index is 13.1. The Balaban J connectivity index is 1.40. The highest BCUT2D eigenvalue weighted by Crippen LogP contribution is 2.35. The molecule has 3 heterocycles. The minimum absolute atomic E-state index is 0.110. The molecule has 2 saturated heterocycles. The van der Waals surface area contributed by atoms with Crippen molar-refractivity contribution in [2.45, 2.75) is 45.3 Å². The van der Waals surface area contributed by atoms with Crippen LogP contribution in [-0.2, 0) is 22.7 Å². The Kier molecular flexibility index (Phi) is 6.84. The molecule has 2 aromatic carbocycles. The summed E-state index contributed by atoms with van der Waals surface area (Å²) in [6.45, 7) is 3.40. The Morgan fingerprint density at radius 2 is 1.89 bits per heavy atom. The smallest absolute Gasteiger partial charge is 0.293 e. The Bertz CT molecular complexity index is 1330. The zero-order valence-corrected chi connectivity index (χ0v) is 21.8. The molecular formula is C27H26BrN3O3S. The van der Waals surface area contributed by atoms with Crippen LogP contribution in [0.2, 0.25) is 0 Å². The molecule has 0 N–H and O–H groups in total. The number of para-hydroxylation sites is 1. The highest BCUT2D eigenvalue weighted by Gasteiger charge is 2.35. The summed E-state index contributed by atoms with van der Waals surface area (Å²) in [5.74, 6) is -0.183. The Hall–Kier alpha value is -2.84. The van der Waals surface area contributed by atoms with E-state index in [4.69, 9.17) is 0 Å². The van der Waals surface area contributed by atoms with Gasteiger partial charge in [0.15, 0.2) is 0 Å². The second-order valence-corrected chi connectivity index (χ2v) is 11.0. The lowest BCUT2D eigenvalue weighted by Gasteiger charge is -2.33. The molecule has 2 aliphatic heterocycles. The van der Waals surface area contributed by atoms with Gasteiger partial charge in [-0.15, -0.1) is 0 Å². The van der Waals surface area contributed by atoms with Crippen molar-refractivity contribution in [2.24, 2.45) is 0 Å². The van der Waals surface area contributed by atoms with Gasteiger partial charge in [0.1, 0.15) is 6.54 Å². The summed E-state index contributed by atoms with van der Waals surface area (Å²) < 4.78 is 2.90. The lowest BCUT2D eigenvalue weighted by molar-refractivity contribution is -0.135. The first-order valence-electron chi connectivity index (χ1n) is 11.8. The average Bonchev–Trinajstić information content (AvgIpc) is 3.32. The average molecular weight is 552 g/mol. The normalized spacial score (nSPS) is 19.8. The van der Waals surface area contributed by atoms with E-state index in [0.29, 0.717) is 4.91 Å². The SMILES string of the molecule is C[C@@H]1CCCCN1C(=O)Cn1cc(/C=C2\SC(=O)N(Cc3ccc(Br)cc3)C2=O)c2ccccc21. The van der Waals surface area contributed by atoms with Crippen LogP contribution in [0.25, 0.3) is 17.0 Å². The molecule has 3 aromatic rings. The van der Waals surface area contributed by atoms with Crippen LogP contribution in [0, 0.1) is 0 Å². The van der Waals surface area contributed by atoms with E-state index in [-0.39, 0.29) is 36.2 Å². The molecule has 0 radical (unpaired) electrons. The number of benzene rings is 2. The lowest BCUT2D eigenvalue weighted by atomic mass is 10.0. The van der Waals surface area contributed by atoms with Crippen molar-refractivity contribution in [1.29, 1.82) is 0 Å². The number of piperidine rings is 1. The summed E-state index contributed by atoms with van der Waals surface area (Å²) in [6.07, 6.45) is 6.95. The number of amides is 3. The Morgan fingerprint density at radius 1 is 1.11 bits per heavy atom. The zero-order valence-electron chi connectivity index (χ0n) is 19.4. The standard InChI is InChI=1S/C27H26BrN3O3S/c1-18-6-4-5-13-30(18)25(32)17-29-16-20(22-7-2-3-8-23(22)29)14-24-26(33)31(27(34)35-24)15-19-9-11-21(28)12-10-19/h2-3,7-12,14,16,18H,4-6,13,15,17H2,1H3/b24-14-/t18-/m1/s1. The van der Waals surface area contributed by atoms with Gasteiger partial charge >= 0.3 is 0 Å². The number of carbonyl (C=O) groups is 3. The topological polar surface area (TPSA) is 62.6 Å². The van der Waals surface area contributed by atoms with E-state index in [1.807, 2.05) is 64.2 Å². The molecule has 35 heavy (non-hydrogen) atoms. The third kappa shape index (κ3) is 4.95. The van der Waals surface area contributed by atoms with Crippen LogP contribution < -0.4 is 0 Å². The Morgan fingerprint density at radius 3 is 2.66 bits per heavy atom. The fourth-order valence-corrected chi connectivity index (χ4v) is 5.87. The van der Waals surface area contributed by atoms with E-state index in [9.17, 15) is 14.4 Å². The number of fused-ring (bicyclic) bond motifs is 1. The molecule has 0 saturated carbocycles. The van der Waals surface area contributed by atoms with Crippen molar-refractivity contribution in [3.8, 4) is 0 Å². The summed E-state index contributed by atoms with van der Waals surface area (Å²) in [4.78, 5) is 42.5. The van der Waals surface area contributed by atoms with Gasteiger partial charge in [0.05, 0.1) is 11.4 Å². The Labute approximate surface area is 217 Å². The number of rotatable bonds is 5. The van der Waals surface area contributed by atoms with Crippen LogP contribution in [0.5, 0.6) is 0 Å². The number of carbonyl (C=O) groups excluding carboxylic acids is 3. The summed E-state index contributed by atoms with van der Waals surface area (Å²) in [5, 5.41) is 0.675. The highest BCUT2D eigenvalue weighted by atomic mass is 79.9. The van der Waals surface area contributed by atoms with Gasteiger partial charge in [-0.1, -0.05) is 46.3 Å². The van der Waals surface area contributed by atoms with Crippen LogP contribution in [0.3, 0.4) is 0 Å². The van der Waals surface area contributed by atoms with Crippen molar-refractivity contribution in [1.82, 2.24) is 14.4 Å². The van der Waals surface area contributed by atoms with Gasteiger partial charge in [0.2, 0.25) is 5.91 Å². The van der Waals surface area contributed by atoms with Gasteiger partial charge in [0, 0.05) is 39.7 Å². The largest absolute Gasteiger partial charge is 0.338 e. The fourth-order valence-electron chi connectivity index (χ4n) is 4.78. The summed E-state index contributed by atoms with van der Waals surface area (Å²) >= 11 is 4.36. The molecule has 180 valence electrons. The van der Waals surface area contributed by atoms with Crippen molar-refractivity contribution in [2.75, 3.05) is 6.54 Å². The van der Waals surface area contributed by atoms with Gasteiger partial charge in [-0.05, 0) is 67.8 Å². The van der Waals surface area contributed by atoms with Crippen LogP contribution in [0.4, 0.5) is 4.79 Å². The predicted molar refractivity (Wildman–Crippen MR) is 143 cm³/mol. The summed E-state index contributed by atoms with van der Waals surface area (Å²) in [7, 11) is 0. The van der Waals surface area contributed by atoms with Crippen molar-refractivity contribution >= 4 is 61.7 Å². The number of hydrogen-bond acceptors (Lipinski definition) is 4. The van der Waals surface area contributed by atoms with Crippen LogP contribution in [-0.4, -0.2) is 44.0 Å². The molecule has 0 bridgehead atoms. The summed E-state index contributed by atoms with van der Waals surface area (Å²) in [6, 6.07) is 15.7. The second-order valence-electron chi connectivity index (χ2n) is 9.06. The highest BCUT2D eigenvalue weighted by molar-refractivity contribution is 9.10. The predicted octanol–water partition coefficient (Wildman–Crippen LogP) is 6.04. The minimum Gasteiger partial charge on any atom is -0.338 e. The third-order valence-electron chi connectivity index (χ3n) is 6.66. The monoisotopic (exact) mass is 551 g/mol. The van der Waals surface area contributed by atoms with Gasteiger partial charge in [0.25, 0.3) is 11.1 Å². The first kappa shape index (κ1) is 23.9. The number of aromatic nitrogens is 1. The molecule has 5 rings (SSSR count). The summed E-state index contributed by atoms with van der Waals surface area (Å²) in [5.41, 5.74) is 2.65. The van der Waals surface area contributed by atoms with Gasteiger partial charge in [-0.25, -0.2) is 0 Å². The molecule has 2 fully saturated rings. The number of halogens is 1. The molecule has 0 aliphatic carbocycles. The van der Waals surface area contributed by atoms with E-state index in [1.54, 1.807) is 6.08 Å². The van der Waals surface area contributed by atoms with Gasteiger partial charge in [-0.2, -0.15) is 0 Å². The fraction of sp³-hybridized carbons (Fsp3) is 0.296. The van der Waals surface area contributed by atoms with Gasteiger partial charge < -0.3 is 9.47 Å². The van der Waals surface area contributed by atoms with E-state index < -0.39 is 0 Å². The maximum absolute atomic E-state index is 13.1. The lowest BCUT2D eigenvalue weighted by Crippen LogP contribution is -2.43. The zero-order chi connectivity index (χ0) is 24.5. The minimum atomic E-state index is -0.294. The second kappa shape index (κ2) is 10.0. The first-order chi connectivity index (χ1) is 16.9. The molecule has 1 atom stereocenters. The number of imide groups is 1. The van der Waals surface area contributed by atoms with E-state index in [2.05, 4.69) is 22.9 Å². The number of likely N-dealkylation sites (tertiary alicyclic amines) is 1. The quantitative estimate of drug-likeness (QED) is 0.362. The van der Waals surface area contributed by atoms with Crippen LogP contribution in [0.1, 0.15) is 37.3 Å². The number of nitrogens with zero attached hydrogens (tertiary/aromatic N) is 3. The van der Waals surface area contributed by atoms with E-state index in [0.717, 1.165) is 57.7 Å². The van der Waals surface area contributed by atoms with Crippen LogP contribution in [0.15, 0.2) is 64.1 Å². The molecule has 6 nitrogen and oxygen atoms in total. The number of hydrogen-bond donors (Lipinski definition) is 0. The van der Waals surface area contributed by atoms with E-state index >= 15 is 0 Å². The first-order valence-corrected chi connectivity index (χ1v) is 13.4. The van der Waals surface area contributed by atoms with Crippen molar-refractivity contribution in [3.05, 3.63) is 75.2 Å². The maximum Gasteiger partial charge on any atom is 0.293 e. The number of thioether (sulfide) groups is 1. The van der Waals surface area contributed by atoms with E-state index in [1.165, 1.54) is 11.3 Å². The van der Waals surface area contributed by atoms with Crippen molar-refractivity contribution < 1.29 is 14.4 Å². The molecule has 2 aliphatic rings. The molecule has 0 unspecified atom stereocenters. The molecule has 8 heteroatoms. The molecule has 0 spiro atoms. The van der Waals surface area contributed by atoms with Crippen LogP contribution >= 0.6 is 27.7 Å². The third-order valence-corrected chi connectivity index (χ3v) is 8.10. The van der Waals surface area contributed by atoms with Gasteiger partial charge in [-0.3, -0.25) is 19.3 Å². The molecule has 1 aromatic heterocycles.